The summed E-state index contributed by atoms with van der Waals surface area (Å²) in [5.74, 6) is -1.59. The molecule has 82 heavy (non-hydrogen) atoms. The molecule has 5 aromatic rings. The Labute approximate surface area is 483 Å². The minimum Gasteiger partial charge on any atom is -0.494 e. The van der Waals surface area contributed by atoms with Crippen LogP contribution in [-0.2, 0) is 38.2 Å². The van der Waals surface area contributed by atoms with Crippen LogP contribution in [0.2, 0.25) is 0 Å². The molecule has 0 spiro atoms. The van der Waals surface area contributed by atoms with Crippen LogP contribution in [0, 0.1) is 23.7 Å². The van der Waals surface area contributed by atoms with Crippen molar-refractivity contribution in [2.45, 2.75) is 110 Å². The highest BCUT2D eigenvalue weighted by molar-refractivity contribution is 7.22. The topological polar surface area (TPSA) is 205 Å². The van der Waals surface area contributed by atoms with Crippen molar-refractivity contribution in [3.8, 4) is 34.5 Å². The lowest BCUT2D eigenvalue weighted by Crippen LogP contribution is -2.30. The molecule has 7 rings (SSSR count). The van der Waals surface area contributed by atoms with Gasteiger partial charge in [0.15, 0.2) is 0 Å². The highest BCUT2D eigenvalue weighted by atomic mass is 32.1. The molecule has 434 valence electrons. The number of rotatable bonds is 31. The molecule has 2 aliphatic carbocycles. The van der Waals surface area contributed by atoms with Gasteiger partial charge in [-0.1, -0.05) is 48.8 Å². The van der Waals surface area contributed by atoms with E-state index in [0.29, 0.717) is 118 Å². The molecule has 0 N–H and O–H groups in total. The van der Waals surface area contributed by atoms with E-state index in [0.717, 1.165) is 79.3 Å². The fraction of sp³-hybridized carbons (Fsp3) is 0.406. The normalized spacial score (nSPS) is 16.7. The Morgan fingerprint density at radius 1 is 0.549 bits per heavy atom. The molecule has 0 amide bonds. The van der Waals surface area contributed by atoms with Crippen molar-refractivity contribution in [1.82, 2.24) is 4.98 Å². The third kappa shape index (κ3) is 19.8. The summed E-state index contributed by atoms with van der Waals surface area (Å²) in [6.45, 7) is 14.9. The predicted molar refractivity (Wildman–Crippen MR) is 312 cm³/mol. The molecule has 0 bridgehead atoms. The first-order valence-corrected chi connectivity index (χ1v) is 29.0. The van der Waals surface area contributed by atoms with Crippen molar-refractivity contribution in [3.63, 3.8) is 0 Å². The number of hydrogen-bond donors (Lipinski definition) is 0. The van der Waals surface area contributed by atoms with E-state index in [4.69, 9.17) is 48.0 Å². The summed E-state index contributed by atoms with van der Waals surface area (Å²) in [4.78, 5) is 81.2. The summed E-state index contributed by atoms with van der Waals surface area (Å²) < 4.78 is 46.2. The van der Waals surface area contributed by atoms with E-state index in [1.165, 1.54) is 11.3 Å². The van der Waals surface area contributed by atoms with Gasteiger partial charge in [-0.3, -0.25) is 19.2 Å². The minimum absolute atomic E-state index is 0.209. The van der Waals surface area contributed by atoms with E-state index in [-0.39, 0.29) is 29.4 Å². The maximum atomic E-state index is 13.9. The third-order valence-electron chi connectivity index (χ3n) is 14.0. The Bertz CT molecular complexity index is 2960. The molecule has 2 saturated carbocycles. The summed E-state index contributed by atoms with van der Waals surface area (Å²) in [5, 5.41) is 7.16. The lowest BCUT2D eigenvalue weighted by atomic mass is 9.82. The third-order valence-corrected chi connectivity index (χ3v) is 15.0. The van der Waals surface area contributed by atoms with Crippen LogP contribution >= 0.6 is 11.3 Å². The molecule has 1 heterocycles. The van der Waals surface area contributed by atoms with Crippen LogP contribution in [0.15, 0.2) is 134 Å². The van der Waals surface area contributed by atoms with Crippen LogP contribution in [0.25, 0.3) is 10.2 Å². The number of unbranched alkanes of at least 4 members (excludes halogenated alkanes) is 6. The molecule has 18 heteroatoms. The molecule has 2 aliphatic rings. The first-order valence-electron chi connectivity index (χ1n) is 28.2. The molecular formula is C64H73N3O14S. The number of nitrogens with zero attached hydrogens (tertiary/aromatic N) is 3. The van der Waals surface area contributed by atoms with Crippen LogP contribution in [0.4, 0.5) is 5.13 Å². The lowest BCUT2D eigenvalue weighted by Gasteiger charge is -2.26. The number of carbonyl (C=O) groups is 6. The van der Waals surface area contributed by atoms with Gasteiger partial charge in [0.2, 0.25) is 5.13 Å². The molecule has 4 aromatic carbocycles. The van der Waals surface area contributed by atoms with Crippen molar-refractivity contribution < 1.29 is 66.7 Å². The van der Waals surface area contributed by atoms with Gasteiger partial charge in [0.1, 0.15) is 34.5 Å². The van der Waals surface area contributed by atoms with Crippen LogP contribution in [0.3, 0.4) is 0 Å². The second kappa shape index (κ2) is 32.4. The van der Waals surface area contributed by atoms with E-state index < -0.39 is 41.6 Å². The average molecular weight is 1140 g/mol. The summed E-state index contributed by atoms with van der Waals surface area (Å²) in [7, 11) is 0. The highest BCUT2D eigenvalue weighted by Gasteiger charge is 2.34. The van der Waals surface area contributed by atoms with Gasteiger partial charge in [-0.15, -0.1) is 0 Å². The van der Waals surface area contributed by atoms with Crippen LogP contribution in [0.5, 0.6) is 34.5 Å². The summed E-state index contributed by atoms with van der Waals surface area (Å²) in [5.41, 5.74) is 2.04. The zero-order valence-corrected chi connectivity index (χ0v) is 47.5. The number of carbonyl (C=O) groups excluding carboxylic acids is 6. The van der Waals surface area contributed by atoms with Gasteiger partial charge < -0.3 is 37.9 Å². The summed E-state index contributed by atoms with van der Waals surface area (Å²) in [6.07, 6.45) is 14.2. The zero-order chi connectivity index (χ0) is 58.1. The molecule has 0 unspecified atom stereocenters. The quantitative estimate of drug-likeness (QED) is 0.00769. The smallest absolute Gasteiger partial charge is 0.330 e. The maximum absolute atomic E-state index is 13.9. The first-order chi connectivity index (χ1) is 39.8. The molecular weight excluding hydrogens is 1070 g/mol. The van der Waals surface area contributed by atoms with E-state index in [2.05, 4.69) is 19.7 Å². The molecule has 0 aliphatic heterocycles. The van der Waals surface area contributed by atoms with Gasteiger partial charge in [-0.05, 0) is 189 Å². The molecule has 17 nitrogen and oxygen atoms in total. The summed E-state index contributed by atoms with van der Waals surface area (Å²) in [6, 6.07) is 26.4. The van der Waals surface area contributed by atoms with E-state index in [9.17, 15) is 28.8 Å². The maximum Gasteiger partial charge on any atom is 0.330 e. The second-order valence-corrected chi connectivity index (χ2v) is 21.4. The fourth-order valence-corrected chi connectivity index (χ4v) is 10.3. The van der Waals surface area contributed by atoms with Gasteiger partial charge >= 0.3 is 35.8 Å². The Morgan fingerprint density at radius 3 is 1.41 bits per heavy atom. The van der Waals surface area contributed by atoms with Gasteiger partial charge in [0.25, 0.3) is 0 Å². The van der Waals surface area contributed by atoms with E-state index in [1.54, 1.807) is 78.0 Å². The molecule has 0 saturated heterocycles. The molecule has 1 aromatic heterocycles. The minimum atomic E-state index is -0.477. The van der Waals surface area contributed by atoms with Gasteiger partial charge in [0.05, 0.1) is 73.1 Å². The average Bonchev–Trinajstić information content (AvgIpc) is 4.06. The highest BCUT2D eigenvalue weighted by Crippen LogP contribution is 2.36. The van der Waals surface area contributed by atoms with Gasteiger partial charge in [-0.2, -0.15) is 5.10 Å². The Morgan fingerprint density at radius 2 is 0.963 bits per heavy atom. The molecule has 2 fully saturated rings. The number of hydrogen-bond acceptors (Lipinski definition) is 18. The number of para-hydroxylation sites is 1. The number of ether oxygens (including phenoxy) is 8. The summed E-state index contributed by atoms with van der Waals surface area (Å²) >= 11 is 1.47. The fourth-order valence-electron chi connectivity index (χ4n) is 9.39. The lowest BCUT2D eigenvalue weighted by molar-refractivity contribution is -0.145. The van der Waals surface area contributed by atoms with Crippen LogP contribution in [-0.4, -0.2) is 80.0 Å². The van der Waals surface area contributed by atoms with Crippen molar-refractivity contribution in [3.05, 3.63) is 134 Å². The SMILES string of the molecule is C=CC(=O)OCCCCCCOc1ccc(OC(=O)[C@H]2CC[C@H](C(=O)Oc3ccc(OC(=O)[C@H]4CC[C@H](C(=O)Oc5ccc(OCCCCCCOC(=O)C=C)cc5)CC4)c(/C=N/N(CC(=C)C)c4nc5ccccc5s4)c3)CC2)cc1. The standard InChI is InChI=1S/C64H73N3O14S/c1-5-58(68)76-39-15-9-7-13-37-74-50-27-31-52(32-28-50)78-60(70)45-19-21-47(22-20-45)62(72)80-54-35-36-56(49(41-54)42-65-67(43-44(3)4)64-66-55-17-11-12-18-57(55)82-64)81-63(73)48-25-23-46(24-26-48)61(71)79-53-33-29-51(30-34-53)75-38-14-8-10-16-40-77-59(69)6-2/h5-6,11-12,17-18,27-36,41-42,45-48H,1-3,7-10,13-16,19-26,37-40,43H2,4H3/b65-42+/t45-,46-,47-,48-. The second-order valence-electron chi connectivity index (χ2n) is 20.4. The number of fused-ring (bicyclic) bond motifs is 1. The van der Waals surface area contributed by atoms with Crippen molar-refractivity contribution in [2.24, 2.45) is 28.8 Å². The van der Waals surface area contributed by atoms with E-state index >= 15 is 0 Å². The van der Waals surface area contributed by atoms with E-state index in [1.807, 2.05) is 31.2 Å². The number of aromatic nitrogens is 1. The number of benzene rings is 4. The first kappa shape index (κ1) is 61.5. The van der Waals surface area contributed by atoms with Gasteiger partial charge in [-0.25, -0.2) is 19.6 Å². The monoisotopic (exact) mass is 1140 g/mol. The van der Waals surface area contributed by atoms with Crippen molar-refractivity contribution in [2.75, 3.05) is 38.0 Å². The van der Waals surface area contributed by atoms with Gasteiger partial charge in [0, 0.05) is 17.7 Å². The van der Waals surface area contributed by atoms with Crippen molar-refractivity contribution in [1.29, 1.82) is 0 Å². The zero-order valence-electron chi connectivity index (χ0n) is 46.6. The molecule has 0 radical (unpaired) electrons. The predicted octanol–water partition coefficient (Wildman–Crippen LogP) is 12.7. The number of thiazole rings is 1. The number of esters is 6. The Hall–Kier alpha value is -8.12. The van der Waals surface area contributed by atoms with Crippen LogP contribution < -0.4 is 33.4 Å². The largest absolute Gasteiger partial charge is 0.494 e. The number of hydrazone groups is 1. The molecule has 0 atom stereocenters. The number of anilines is 1. The van der Waals surface area contributed by atoms with Crippen molar-refractivity contribution >= 4 is 68.7 Å². The van der Waals surface area contributed by atoms with Crippen LogP contribution in [0.1, 0.15) is 115 Å². The Kier molecular flexibility index (Phi) is 24.3. The Balaban J connectivity index is 0.899.